The maximum Gasteiger partial charge on any atom is 0.113 e. The van der Waals surface area contributed by atoms with E-state index in [2.05, 4.69) is 41.7 Å². The molecule has 20 heavy (non-hydrogen) atoms. The van der Waals surface area contributed by atoms with E-state index in [0.29, 0.717) is 0 Å². The Kier molecular flexibility index (Phi) is 3.72. The summed E-state index contributed by atoms with van der Waals surface area (Å²) < 4.78 is 0. The number of hydrogen-bond acceptors (Lipinski definition) is 3. The molecule has 1 aromatic carbocycles. The number of hydrogen-bond donors (Lipinski definition) is 2. The summed E-state index contributed by atoms with van der Waals surface area (Å²) in [5, 5.41) is 13.5. The van der Waals surface area contributed by atoms with Crippen LogP contribution in [-0.2, 0) is 19.5 Å². The number of quaternary nitrogens is 1. The number of nitrogens with one attached hydrogen (secondary N) is 2. The molecule has 0 saturated carbocycles. The van der Waals surface area contributed by atoms with Gasteiger partial charge in [0.2, 0.25) is 0 Å². The van der Waals surface area contributed by atoms with Crippen LogP contribution in [0.3, 0.4) is 0 Å². The number of fused-ring (bicyclic) bond motifs is 1. The van der Waals surface area contributed by atoms with Gasteiger partial charge >= 0.3 is 0 Å². The predicted octanol–water partition coefficient (Wildman–Crippen LogP) is 1.80. The Morgan fingerprint density at radius 2 is 2.15 bits per heavy atom. The van der Waals surface area contributed by atoms with E-state index in [-0.39, 0.29) is 0 Å². The number of nitrogens with zero attached hydrogens (tertiary/aromatic N) is 1. The predicted molar refractivity (Wildman–Crippen MR) is 82.0 cm³/mol. The fraction of sp³-hybridized carbons (Fsp3) is 0.312. The molecular weight excluding hydrogens is 266 g/mol. The van der Waals surface area contributed by atoms with Gasteiger partial charge < -0.3 is 10.2 Å². The highest BCUT2D eigenvalue weighted by Crippen LogP contribution is 2.33. The Morgan fingerprint density at radius 1 is 1.35 bits per heavy atom. The molecule has 1 atom stereocenters. The van der Waals surface area contributed by atoms with Gasteiger partial charge in [0, 0.05) is 19.0 Å². The van der Waals surface area contributed by atoms with Crippen molar-refractivity contribution in [3.05, 3.63) is 51.9 Å². The molecule has 0 bridgehead atoms. The second kappa shape index (κ2) is 5.66. The van der Waals surface area contributed by atoms with E-state index in [1.54, 1.807) is 16.2 Å². The van der Waals surface area contributed by atoms with E-state index in [9.17, 15) is 5.26 Å². The van der Waals surface area contributed by atoms with E-state index < -0.39 is 0 Å². The van der Waals surface area contributed by atoms with Crippen LogP contribution < -0.4 is 10.2 Å². The quantitative estimate of drug-likeness (QED) is 0.902. The van der Waals surface area contributed by atoms with Crippen molar-refractivity contribution in [3.63, 3.8) is 0 Å². The first-order valence-corrected chi connectivity index (χ1v) is 7.73. The average molecular weight is 284 g/mol. The first kappa shape index (κ1) is 13.2. The number of nitriles is 1. The third-order valence-electron chi connectivity index (χ3n) is 3.87. The normalized spacial score (nSPS) is 17.3. The molecule has 1 aliphatic rings. The van der Waals surface area contributed by atoms with Crippen LogP contribution in [0, 0.1) is 11.3 Å². The molecule has 0 radical (unpaired) electrons. The monoisotopic (exact) mass is 284 g/mol. The zero-order chi connectivity index (χ0) is 13.9. The SMILES string of the molecule is CNc1sc2c(c1C#N)CC[NH+](Cc1ccccc1)C2. The third-order valence-corrected chi connectivity index (χ3v) is 5.12. The van der Waals surface area contributed by atoms with Crippen LogP contribution in [0.2, 0.25) is 0 Å². The lowest BCUT2D eigenvalue weighted by Gasteiger charge is -2.23. The maximum atomic E-state index is 9.31. The van der Waals surface area contributed by atoms with E-state index in [1.165, 1.54) is 16.0 Å². The van der Waals surface area contributed by atoms with Gasteiger partial charge in [0.1, 0.15) is 24.2 Å². The molecule has 0 fully saturated rings. The molecule has 4 heteroatoms. The minimum Gasteiger partial charge on any atom is -0.379 e. The topological polar surface area (TPSA) is 40.3 Å². The molecular formula is C16H18N3S+. The molecule has 0 amide bonds. The average Bonchev–Trinajstić information content (AvgIpc) is 2.85. The van der Waals surface area contributed by atoms with E-state index in [4.69, 9.17) is 0 Å². The van der Waals surface area contributed by atoms with E-state index in [0.717, 1.165) is 36.6 Å². The smallest absolute Gasteiger partial charge is 0.113 e. The van der Waals surface area contributed by atoms with Crippen LogP contribution in [0.15, 0.2) is 30.3 Å². The summed E-state index contributed by atoms with van der Waals surface area (Å²) in [5.74, 6) is 0. The first-order valence-electron chi connectivity index (χ1n) is 6.91. The summed E-state index contributed by atoms with van der Waals surface area (Å²) in [4.78, 5) is 2.96. The highest BCUT2D eigenvalue weighted by atomic mass is 32.1. The zero-order valence-corrected chi connectivity index (χ0v) is 12.4. The summed E-state index contributed by atoms with van der Waals surface area (Å²) in [7, 11) is 1.90. The molecule has 1 aromatic heterocycles. The molecule has 3 rings (SSSR count). The molecule has 2 N–H and O–H groups in total. The first-order chi connectivity index (χ1) is 9.81. The van der Waals surface area contributed by atoms with Crippen molar-refractivity contribution in [2.75, 3.05) is 18.9 Å². The van der Waals surface area contributed by atoms with Crippen molar-refractivity contribution in [2.24, 2.45) is 0 Å². The van der Waals surface area contributed by atoms with Gasteiger partial charge in [-0.25, -0.2) is 0 Å². The summed E-state index contributed by atoms with van der Waals surface area (Å²) >= 11 is 1.75. The van der Waals surface area contributed by atoms with E-state index in [1.807, 2.05) is 7.05 Å². The van der Waals surface area contributed by atoms with Gasteiger partial charge in [0.25, 0.3) is 0 Å². The Bertz CT molecular complexity index is 640. The Hall–Kier alpha value is -1.83. The molecule has 2 aromatic rings. The number of rotatable bonds is 3. The van der Waals surface area contributed by atoms with Crippen molar-refractivity contribution in [3.8, 4) is 6.07 Å². The number of benzene rings is 1. The van der Waals surface area contributed by atoms with Gasteiger partial charge in [-0.15, -0.1) is 11.3 Å². The second-order valence-corrected chi connectivity index (χ2v) is 6.26. The molecule has 0 aliphatic carbocycles. The summed E-state index contributed by atoms with van der Waals surface area (Å²) in [6.07, 6.45) is 1.01. The summed E-state index contributed by atoms with van der Waals surface area (Å²) in [6, 6.07) is 13.0. The molecule has 102 valence electrons. The second-order valence-electron chi connectivity index (χ2n) is 5.16. The van der Waals surface area contributed by atoms with Gasteiger partial charge in [-0.05, 0) is 5.56 Å². The number of anilines is 1. The Balaban J connectivity index is 1.79. The standard InChI is InChI=1S/C16H17N3S/c1-18-16-14(9-17)13-7-8-19(11-15(13)20-16)10-12-5-3-2-4-6-12/h2-6,18H,7-8,10-11H2,1H3/p+1. The highest BCUT2D eigenvalue weighted by Gasteiger charge is 2.26. The fourth-order valence-corrected chi connectivity index (χ4v) is 4.09. The van der Waals surface area contributed by atoms with Gasteiger partial charge in [-0.3, -0.25) is 0 Å². The lowest BCUT2D eigenvalue weighted by Crippen LogP contribution is -3.10. The van der Waals surface area contributed by atoms with Crippen LogP contribution in [-0.4, -0.2) is 13.6 Å². The largest absolute Gasteiger partial charge is 0.379 e. The minimum atomic E-state index is 0.867. The molecule has 3 nitrogen and oxygen atoms in total. The van der Waals surface area contributed by atoms with Crippen LogP contribution in [0.5, 0.6) is 0 Å². The molecule has 0 spiro atoms. The van der Waals surface area contributed by atoms with E-state index >= 15 is 0 Å². The maximum absolute atomic E-state index is 9.31. The van der Waals surface area contributed by atoms with Crippen LogP contribution in [0.25, 0.3) is 0 Å². The van der Waals surface area contributed by atoms with Crippen molar-refractivity contribution in [1.29, 1.82) is 5.26 Å². The number of thiophene rings is 1. The van der Waals surface area contributed by atoms with Gasteiger partial charge in [-0.1, -0.05) is 30.3 Å². The van der Waals surface area contributed by atoms with Crippen molar-refractivity contribution >= 4 is 16.3 Å². The summed E-state index contributed by atoms with van der Waals surface area (Å²) in [6.45, 7) is 3.21. The van der Waals surface area contributed by atoms with Gasteiger partial charge in [-0.2, -0.15) is 5.26 Å². The Labute approximate surface area is 123 Å². The Morgan fingerprint density at radius 3 is 2.85 bits per heavy atom. The molecule has 1 unspecified atom stereocenters. The van der Waals surface area contributed by atoms with Crippen molar-refractivity contribution in [1.82, 2.24) is 0 Å². The highest BCUT2D eigenvalue weighted by molar-refractivity contribution is 7.16. The van der Waals surface area contributed by atoms with Crippen molar-refractivity contribution < 1.29 is 4.90 Å². The lowest BCUT2D eigenvalue weighted by molar-refractivity contribution is -0.929. The fourth-order valence-electron chi connectivity index (χ4n) is 2.87. The zero-order valence-electron chi connectivity index (χ0n) is 11.6. The lowest BCUT2D eigenvalue weighted by atomic mass is 10.0. The van der Waals surface area contributed by atoms with Gasteiger partial charge in [0.05, 0.1) is 17.0 Å². The molecule has 2 heterocycles. The van der Waals surface area contributed by atoms with Crippen LogP contribution in [0.1, 0.15) is 21.6 Å². The minimum absolute atomic E-state index is 0.867. The summed E-state index contributed by atoms with van der Waals surface area (Å²) in [5.41, 5.74) is 3.53. The van der Waals surface area contributed by atoms with Crippen LogP contribution >= 0.6 is 11.3 Å². The molecule has 0 saturated heterocycles. The van der Waals surface area contributed by atoms with Crippen LogP contribution in [0.4, 0.5) is 5.00 Å². The van der Waals surface area contributed by atoms with Gasteiger partial charge in [0.15, 0.2) is 0 Å². The third kappa shape index (κ3) is 2.43. The molecule has 1 aliphatic heterocycles. The van der Waals surface area contributed by atoms with Crippen molar-refractivity contribution in [2.45, 2.75) is 19.5 Å².